The minimum atomic E-state index is 0.255. The molecule has 7 heteroatoms. The number of anilines is 1. The maximum atomic E-state index is 5.74. The van der Waals surface area contributed by atoms with Crippen LogP contribution in [0.4, 0.5) is 5.69 Å². The predicted octanol–water partition coefficient (Wildman–Crippen LogP) is 3.50. The SMILES string of the molecule is CN=C(NCC(C)c1c(C)noc1C)Nc1cccc(OCCCOC)c1. The molecule has 2 aromatic rings. The third kappa shape index (κ3) is 6.29. The molecule has 1 aromatic heterocycles. The van der Waals surface area contributed by atoms with Gasteiger partial charge in [-0.3, -0.25) is 4.99 Å². The lowest BCUT2D eigenvalue weighted by Gasteiger charge is -2.16. The highest BCUT2D eigenvalue weighted by atomic mass is 16.5. The summed E-state index contributed by atoms with van der Waals surface area (Å²) in [5, 5.41) is 10.7. The van der Waals surface area contributed by atoms with Gasteiger partial charge in [0.05, 0.1) is 12.3 Å². The van der Waals surface area contributed by atoms with E-state index in [2.05, 4.69) is 27.7 Å². The summed E-state index contributed by atoms with van der Waals surface area (Å²) in [4.78, 5) is 4.30. The number of aryl methyl sites for hydroxylation is 2. The van der Waals surface area contributed by atoms with Gasteiger partial charge in [-0.05, 0) is 26.0 Å². The van der Waals surface area contributed by atoms with Crippen LogP contribution >= 0.6 is 0 Å². The van der Waals surface area contributed by atoms with E-state index in [9.17, 15) is 0 Å². The van der Waals surface area contributed by atoms with Crippen LogP contribution < -0.4 is 15.4 Å². The van der Waals surface area contributed by atoms with Crippen LogP contribution in [0.2, 0.25) is 0 Å². The molecule has 7 nitrogen and oxygen atoms in total. The van der Waals surface area contributed by atoms with E-state index in [4.69, 9.17) is 14.0 Å². The van der Waals surface area contributed by atoms with Crippen molar-refractivity contribution in [3.05, 3.63) is 41.3 Å². The third-order valence-corrected chi connectivity index (χ3v) is 4.24. The lowest BCUT2D eigenvalue weighted by atomic mass is 10.00. The van der Waals surface area contributed by atoms with Crippen molar-refractivity contribution < 1.29 is 14.0 Å². The number of hydrogen-bond donors (Lipinski definition) is 2. The van der Waals surface area contributed by atoms with Gasteiger partial charge in [0.1, 0.15) is 11.5 Å². The van der Waals surface area contributed by atoms with E-state index >= 15 is 0 Å². The van der Waals surface area contributed by atoms with Crippen molar-refractivity contribution in [2.75, 3.05) is 39.2 Å². The van der Waals surface area contributed by atoms with Gasteiger partial charge in [0.2, 0.25) is 0 Å². The van der Waals surface area contributed by atoms with Crippen LogP contribution in [-0.4, -0.2) is 45.0 Å². The van der Waals surface area contributed by atoms with Crippen molar-refractivity contribution in [1.82, 2.24) is 10.5 Å². The number of guanidine groups is 1. The summed E-state index contributed by atoms with van der Waals surface area (Å²) < 4.78 is 16.0. The Balaban J connectivity index is 1.89. The Hall–Kier alpha value is -2.54. The van der Waals surface area contributed by atoms with E-state index in [1.54, 1.807) is 14.2 Å². The summed E-state index contributed by atoms with van der Waals surface area (Å²) in [6.07, 6.45) is 0.858. The summed E-state index contributed by atoms with van der Waals surface area (Å²) >= 11 is 0. The highest BCUT2D eigenvalue weighted by Crippen LogP contribution is 2.22. The van der Waals surface area contributed by atoms with E-state index in [1.807, 2.05) is 38.1 Å². The number of aromatic nitrogens is 1. The molecule has 0 aliphatic carbocycles. The van der Waals surface area contributed by atoms with E-state index in [0.717, 1.165) is 41.4 Å². The summed E-state index contributed by atoms with van der Waals surface area (Å²) in [6.45, 7) is 8.08. The first-order valence-corrected chi connectivity index (χ1v) is 9.17. The van der Waals surface area contributed by atoms with Crippen molar-refractivity contribution in [1.29, 1.82) is 0 Å². The van der Waals surface area contributed by atoms with Crippen molar-refractivity contribution in [3.8, 4) is 5.75 Å². The molecule has 1 heterocycles. The second-order valence-electron chi connectivity index (χ2n) is 6.44. The van der Waals surface area contributed by atoms with Crippen molar-refractivity contribution in [2.45, 2.75) is 33.1 Å². The Kier molecular flexibility index (Phi) is 8.13. The zero-order chi connectivity index (χ0) is 19.6. The minimum absolute atomic E-state index is 0.255. The average Bonchev–Trinajstić information content (AvgIpc) is 3.00. The molecule has 1 atom stereocenters. The lowest BCUT2D eigenvalue weighted by molar-refractivity contribution is 0.172. The number of benzene rings is 1. The fourth-order valence-electron chi connectivity index (χ4n) is 2.92. The number of ether oxygens (including phenoxy) is 2. The molecule has 1 unspecified atom stereocenters. The molecule has 0 aliphatic rings. The van der Waals surface area contributed by atoms with E-state index < -0.39 is 0 Å². The predicted molar refractivity (Wildman–Crippen MR) is 108 cm³/mol. The molecular formula is C20H30N4O3. The minimum Gasteiger partial charge on any atom is -0.493 e. The van der Waals surface area contributed by atoms with Crippen LogP contribution in [0.5, 0.6) is 5.75 Å². The Morgan fingerprint density at radius 2 is 2.11 bits per heavy atom. The molecule has 0 aliphatic heterocycles. The molecule has 0 fully saturated rings. The van der Waals surface area contributed by atoms with Crippen LogP contribution in [0.3, 0.4) is 0 Å². The molecule has 0 radical (unpaired) electrons. The quantitative estimate of drug-likeness (QED) is 0.397. The van der Waals surface area contributed by atoms with Crippen LogP contribution in [0.25, 0.3) is 0 Å². The standard InChI is InChI=1S/C20H30N4O3/c1-14(19-15(2)24-27-16(19)3)13-22-20(21-4)23-17-8-6-9-18(12-17)26-11-7-10-25-5/h6,8-9,12,14H,7,10-11,13H2,1-5H3,(H2,21,22,23). The molecular weight excluding hydrogens is 344 g/mol. The second kappa shape index (κ2) is 10.6. The highest BCUT2D eigenvalue weighted by molar-refractivity contribution is 5.93. The fourth-order valence-corrected chi connectivity index (χ4v) is 2.92. The number of rotatable bonds is 9. The normalized spacial score (nSPS) is 12.7. The molecule has 0 saturated carbocycles. The van der Waals surface area contributed by atoms with Crippen molar-refractivity contribution in [3.63, 3.8) is 0 Å². The summed E-state index contributed by atoms with van der Waals surface area (Å²) in [5.41, 5.74) is 2.99. The van der Waals surface area contributed by atoms with E-state index in [0.29, 0.717) is 19.2 Å². The lowest BCUT2D eigenvalue weighted by Crippen LogP contribution is -2.33. The zero-order valence-electron chi connectivity index (χ0n) is 16.8. The number of methoxy groups -OCH3 is 1. The molecule has 0 spiro atoms. The topological polar surface area (TPSA) is 80.9 Å². The number of aliphatic imine (C=N–C) groups is 1. The largest absolute Gasteiger partial charge is 0.493 e. The number of nitrogens with one attached hydrogen (secondary N) is 2. The molecule has 2 N–H and O–H groups in total. The summed E-state index contributed by atoms with van der Waals surface area (Å²) in [6, 6.07) is 7.82. The van der Waals surface area contributed by atoms with Gasteiger partial charge in [0, 0.05) is 57.0 Å². The first-order valence-electron chi connectivity index (χ1n) is 9.17. The first-order chi connectivity index (χ1) is 13.0. The smallest absolute Gasteiger partial charge is 0.195 e. The third-order valence-electron chi connectivity index (χ3n) is 4.24. The van der Waals surface area contributed by atoms with Gasteiger partial charge in [-0.2, -0.15) is 0 Å². The van der Waals surface area contributed by atoms with Gasteiger partial charge in [0.15, 0.2) is 5.96 Å². The molecule has 0 amide bonds. The van der Waals surface area contributed by atoms with Crippen LogP contribution in [-0.2, 0) is 4.74 Å². The zero-order valence-corrected chi connectivity index (χ0v) is 16.8. The highest BCUT2D eigenvalue weighted by Gasteiger charge is 2.16. The molecule has 2 rings (SSSR count). The maximum Gasteiger partial charge on any atom is 0.195 e. The molecule has 148 valence electrons. The van der Waals surface area contributed by atoms with Gasteiger partial charge in [-0.15, -0.1) is 0 Å². The first kappa shape index (κ1) is 20.8. The van der Waals surface area contributed by atoms with Crippen molar-refractivity contribution >= 4 is 11.6 Å². The van der Waals surface area contributed by atoms with Crippen LogP contribution in [0, 0.1) is 13.8 Å². The Morgan fingerprint density at radius 1 is 1.30 bits per heavy atom. The number of hydrogen-bond acceptors (Lipinski definition) is 5. The number of nitrogens with zero attached hydrogens (tertiary/aromatic N) is 2. The second-order valence-corrected chi connectivity index (χ2v) is 6.44. The summed E-state index contributed by atoms with van der Waals surface area (Å²) in [7, 11) is 3.44. The fraction of sp³-hybridized carbons (Fsp3) is 0.500. The Bertz CT molecular complexity index is 723. The van der Waals surface area contributed by atoms with Gasteiger partial charge in [0.25, 0.3) is 0 Å². The van der Waals surface area contributed by atoms with Gasteiger partial charge in [-0.1, -0.05) is 18.1 Å². The summed E-state index contributed by atoms with van der Waals surface area (Å²) in [5.74, 6) is 2.63. The van der Waals surface area contributed by atoms with Gasteiger partial charge in [-0.25, -0.2) is 0 Å². The van der Waals surface area contributed by atoms with Crippen LogP contribution in [0.1, 0.15) is 36.3 Å². The molecule has 0 saturated heterocycles. The average molecular weight is 374 g/mol. The molecule has 0 bridgehead atoms. The van der Waals surface area contributed by atoms with E-state index in [-0.39, 0.29) is 5.92 Å². The maximum absolute atomic E-state index is 5.74. The van der Waals surface area contributed by atoms with E-state index in [1.165, 1.54) is 0 Å². The van der Waals surface area contributed by atoms with Crippen molar-refractivity contribution in [2.24, 2.45) is 4.99 Å². The van der Waals surface area contributed by atoms with Crippen LogP contribution in [0.15, 0.2) is 33.8 Å². The van der Waals surface area contributed by atoms with Gasteiger partial charge < -0.3 is 24.6 Å². The monoisotopic (exact) mass is 374 g/mol. The Morgan fingerprint density at radius 3 is 2.78 bits per heavy atom. The molecule has 27 heavy (non-hydrogen) atoms. The van der Waals surface area contributed by atoms with Gasteiger partial charge >= 0.3 is 0 Å². The molecule has 1 aromatic carbocycles. The Labute approximate surface area is 161 Å².